The largest absolute Gasteiger partial charge is 0.315 e. The van der Waals surface area contributed by atoms with Crippen LogP contribution in [0.25, 0.3) is 0 Å². The summed E-state index contributed by atoms with van der Waals surface area (Å²) in [6.45, 7) is 11.7. The van der Waals surface area contributed by atoms with Crippen molar-refractivity contribution in [1.82, 2.24) is 25.5 Å². The minimum atomic E-state index is 0.678. The van der Waals surface area contributed by atoms with Crippen LogP contribution in [-0.2, 0) is 6.54 Å². The molecule has 19 heavy (non-hydrogen) atoms. The molecule has 0 aromatic carbocycles. The van der Waals surface area contributed by atoms with Crippen molar-refractivity contribution >= 4 is 11.8 Å². The van der Waals surface area contributed by atoms with Crippen molar-refractivity contribution in [3.63, 3.8) is 0 Å². The number of tetrazole rings is 1. The molecule has 1 rings (SSSR count). The van der Waals surface area contributed by atoms with E-state index < -0.39 is 0 Å². The number of nitrogens with one attached hydrogen (secondary N) is 1. The molecule has 1 N–H and O–H groups in total. The van der Waals surface area contributed by atoms with Gasteiger partial charge in [-0.05, 0) is 28.8 Å². The van der Waals surface area contributed by atoms with Crippen molar-refractivity contribution in [3.05, 3.63) is 0 Å². The first-order valence-electron chi connectivity index (χ1n) is 7.23. The molecule has 1 heterocycles. The number of hydrogen-bond acceptors (Lipinski definition) is 5. The van der Waals surface area contributed by atoms with Gasteiger partial charge in [-0.2, -0.15) is 0 Å². The van der Waals surface area contributed by atoms with Crippen LogP contribution in [0.3, 0.4) is 0 Å². The zero-order valence-corrected chi connectivity index (χ0v) is 13.4. The second-order valence-corrected chi connectivity index (χ2v) is 6.47. The van der Waals surface area contributed by atoms with E-state index in [0.29, 0.717) is 5.92 Å². The van der Waals surface area contributed by atoms with E-state index >= 15 is 0 Å². The molecule has 6 heteroatoms. The number of hydrogen-bond donors (Lipinski definition) is 1. The van der Waals surface area contributed by atoms with Crippen LogP contribution in [0.5, 0.6) is 0 Å². The SMILES string of the molecule is CCCC(C)CSc1nnnn1CCNCC(C)C. The van der Waals surface area contributed by atoms with Gasteiger partial charge in [0.25, 0.3) is 0 Å². The second-order valence-electron chi connectivity index (χ2n) is 5.49. The third-order valence-electron chi connectivity index (χ3n) is 2.83. The predicted molar refractivity (Wildman–Crippen MR) is 80.3 cm³/mol. The van der Waals surface area contributed by atoms with E-state index in [1.165, 1.54) is 12.8 Å². The van der Waals surface area contributed by atoms with Crippen molar-refractivity contribution in [1.29, 1.82) is 0 Å². The first-order valence-corrected chi connectivity index (χ1v) is 8.21. The van der Waals surface area contributed by atoms with Crippen LogP contribution in [-0.4, -0.2) is 39.0 Å². The maximum atomic E-state index is 4.10. The highest BCUT2D eigenvalue weighted by atomic mass is 32.2. The Morgan fingerprint density at radius 1 is 1.32 bits per heavy atom. The first kappa shape index (κ1) is 16.4. The maximum Gasteiger partial charge on any atom is 0.209 e. The minimum absolute atomic E-state index is 0.678. The number of thioether (sulfide) groups is 1. The Bertz CT molecular complexity index is 340. The zero-order valence-electron chi connectivity index (χ0n) is 12.6. The minimum Gasteiger partial charge on any atom is -0.315 e. The molecule has 0 bridgehead atoms. The third kappa shape index (κ3) is 6.92. The van der Waals surface area contributed by atoms with E-state index in [-0.39, 0.29) is 0 Å². The molecule has 0 radical (unpaired) electrons. The van der Waals surface area contributed by atoms with E-state index in [4.69, 9.17) is 0 Å². The summed E-state index contributed by atoms with van der Waals surface area (Å²) in [5, 5.41) is 16.3. The van der Waals surface area contributed by atoms with Gasteiger partial charge in [0, 0.05) is 12.3 Å². The second kappa shape index (κ2) is 9.31. The van der Waals surface area contributed by atoms with Crippen molar-refractivity contribution in [2.75, 3.05) is 18.8 Å². The van der Waals surface area contributed by atoms with Crippen molar-refractivity contribution in [2.24, 2.45) is 11.8 Å². The van der Waals surface area contributed by atoms with E-state index in [1.807, 2.05) is 4.68 Å². The van der Waals surface area contributed by atoms with Crippen LogP contribution in [0.4, 0.5) is 0 Å². The number of rotatable bonds is 10. The molecule has 5 nitrogen and oxygen atoms in total. The Labute approximate surface area is 120 Å². The highest BCUT2D eigenvalue weighted by Gasteiger charge is 2.09. The number of aromatic nitrogens is 4. The van der Waals surface area contributed by atoms with Crippen molar-refractivity contribution < 1.29 is 0 Å². The van der Waals surface area contributed by atoms with Gasteiger partial charge in [-0.25, -0.2) is 4.68 Å². The van der Waals surface area contributed by atoms with E-state index in [1.54, 1.807) is 11.8 Å². The summed E-state index contributed by atoms with van der Waals surface area (Å²) >= 11 is 1.77. The maximum absolute atomic E-state index is 4.10. The lowest BCUT2D eigenvalue weighted by Gasteiger charge is -2.10. The summed E-state index contributed by atoms with van der Waals surface area (Å²) in [5.41, 5.74) is 0. The van der Waals surface area contributed by atoms with Gasteiger partial charge in [-0.1, -0.05) is 52.3 Å². The first-order chi connectivity index (χ1) is 9.13. The quantitative estimate of drug-likeness (QED) is 0.528. The third-order valence-corrected chi connectivity index (χ3v) is 4.12. The van der Waals surface area contributed by atoms with E-state index in [2.05, 4.69) is 48.5 Å². The van der Waals surface area contributed by atoms with Gasteiger partial charge in [0.15, 0.2) is 0 Å². The average Bonchev–Trinajstić information content (AvgIpc) is 2.80. The van der Waals surface area contributed by atoms with Crippen LogP contribution < -0.4 is 5.32 Å². The Hall–Kier alpha value is -0.620. The molecule has 0 aliphatic rings. The molecule has 0 aliphatic heterocycles. The van der Waals surface area contributed by atoms with E-state index in [0.717, 1.165) is 36.5 Å². The van der Waals surface area contributed by atoms with Gasteiger partial charge in [-0.15, -0.1) is 5.10 Å². The van der Waals surface area contributed by atoms with Crippen molar-refractivity contribution in [2.45, 2.75) is 52.2 Å². The average molecular weight is 285 g/mol. The van der Waals surface area contributed by atoms with Gasteiger partial charge in [0.05, 0.1) is 6.54 Å². The summed E-state index contributed by atoms with van der Waals surface area (Å²) in [7, 11) is 0. The normalized spacial score (nSPS) is 13.1. The van der Waals surface area contributed by atoms with Crippen LogP contribution in [0, 0.1) is 11.8 Å². The summed E-state index contributed by atoms with van der Waals surface area (Å²) in [6, 6.07) is 0. The Morgan fingerprint density at radius 3 is 2.79 bits per heavy atom. The lowest BCUT2D eigenvalue weighted by atomic mass is 10.1. The molecule has 1 unspecified atom stereocenters. The summed E-state index contributed by atoms with van der Waals surface area (Å²) < 4.78 is 1.90. The molecule has 0 saturated carbocycles. The van der Waals surface area contributed by atoms with Gasteiger partial charge in [-0.3, -0.25) is 0 Å². The van der Waals surface area contributed by atoms with Gasteiger partial charge in [0.1, 0.15) is 0 Å². The molecule has 1 aromatic heterocycles. The van der Waals surface area contributed by atoms with Crippen LogP contribution in [0.2, 0.25) is 0 Å². The summed E-state index contributed by atoms with van der Waals surface area (Å²) in [6.07, 6.45) is 2.51. The summed E-state index contributed by atoms with van der Waals surface area (Å²) in [4.78, 5) is 0. The molecule has 0 aliphatic carbocycles. The zero-order chi connectivity index (χ0) is 14.1. The fourth-order valence-corrected chi connectivity index (χ4v) is 2.78. The van der Waals surface area contributed by atoms with Gasteiger partial charge >= 0.3 is 0 Å². The molecule has 0 fully saturated rings. The lowest BCUT2D eigenvalue weighted by molar-refractivity contribution is 0.481. The van der Waals surface area contributed by atoms with Gasteiger partial charge < -0.3 is 5.32 Å². The summed E-state index contributed by atoms with van der Waals surface area (Å²) in [5.74, 6) is 2.49. The molecule has 0 amide bonds. The molecule has 1 aromatic rings. The topological polar surface area (TPSA) is 55.6 Å². The smallest absolute Gasteiger partial charge is 0.209 e. The Kier molecular flexibility index (Phi) is 8.05. The standard InChI is InChI=1S/C13H27N5S/c1-5-6-12(4)10-19-13-15-16-17-18(13)8-7-14-9-11(2)3/h11-12,14H,5-10H2,1-4H3. The highest BCUT2D eigenvalue weighted by Crippen LogP contribution is 2.19. The van der Waals surface area contributed by atoms with Crippen molar-refractivity contribution in [3.8, 4) is 0 Å². The molecule has 1 atom stereocenters. The Balaban J connectivity index is 2.29. The lowest BCUT2D eigenvalue weighted by Crippen LogP contribution is -2.24. The highest BCUT2D eigenvalue weighted by molar-refractivity contribution is 7.99. The molecular formula is C13H27N5S. The molecular weight excluding hydrogens is 258 g/mol. The monoisotopic (exact) mass is 285 g/mol. The van der Waals surface area contributed by atoms with E-state index in [9.17, 15) is 0 Å². The predicted octanol–water partition coefficient (Wildman–Crippen LogP) is 2.45. The van der Waals surface area contributed by atoms with Crippen LogP contribution in [0.15, 0.2) is 5.16 Å². The Morgan fingerprint density at radius 2 is 2.11 bits per heavy atom. The van der Waals surface area contributed by atoms with Crippen LogP contribution in [0.1, 0.15) is 40.5 Å². The fraction of sp³-hybridized carbons (Fsp3) is 0.923. The molecule has 0 saturated heterocycles. The molecule has 0 spiro atoms. The fourth-order valence-electron chi connectivity index (χ4n) is 1.81. The van der Waals surface area contributed by atoms with Crippen LogP contribution >= 0.6 is 11.8 Å². The van der Waals surface area contributed by atoms with Gasteiger partial charge in [0.2, 0.25) is 5.16 Å². The molecule has 110 valence electrons. The number of nitrogens with zero attached hydrogens (tertiary/aromatic N) is 4.